The van der Waals surface area contributed by atoms with Crippen molar-refractivity contribution in [3.8, 4) is 11.1 Å². The van der Waals surface area contributed by atoms with Crippen LogP contribution in [0.1, 0.15) is 114 Å². The molecule has 2 fully saturated rings. The van der Waals surface area contributed by atoms with Crippen LogP contribution in [0.3, 0.4) is 0 Å². The lowest BCUT2D eigenvalue weighted by Crippen LogP contribution is -2.27. The summed E-state index contributed by atoms with van der Waals surface area (Å²) in [6.07, 6.45) is 15.0. The quantitative estimate of drug-likeness (QED) is 0.298. The SMILES string of the molecule is CCCCCCC[C@H]1CO[C@H](c2ccc(-c3ccc(C4CCC(CCC)CC4)cc3F)cc2)OC1. The van der Waals surface area contributed by atoms with E-state index in [0.29, 0.717) is 17.4 Å². The molecule has 2 aromatic carbocycles. The fraction of sp³-hybridized carbons (Fsp3) is 0.625. The Morgan fingerprint density at radius 2 is 1.40 bits per heavy atom. The van der Waals surface area contributed by atoms with Gasteiger partial charge in [0.15, 0.2) is 6.29 Å². The summed E-state index contributed by atoms with van der Waals surface area (Å²) in [5.41, 5.74) is 3.76. The summed E-state index contributed by atoms with van der Waals surface area (Å²) in [5, 5.41) is 0. The second-order valence-electron chi connectivity index (χ2n) is 10.9. The fourth-order valence-corrected chi connectivity index (χ4v) is 5.97. The molecule has 0 N–H and O–H groups in total. The Morgan fingerprint density at radius 1 is 0.714 bits per heavy atom. The zero-order chi connectivity index (χ0) is 24.5. The van der Waals surface area contributed by atoms with Crippen molar-refractivity contribution >= 4 is 0 Å². The van der Waals surface area contributed by atoms with Gasteiger partial charge in [0.05, 0.1) is 13.2 Å². The molecule has 2 aromatic rings. The summed E-state index contributed by atoms with van der Waals surface area (Å²) >= 11 is 0. The van der Waals surface area contributed by atoms with E-state index in [2.05, 4.69) is 19.9 Å². The van der Waals surface area contributed by atoms with Gasteiger partial charge < -0.3 is 9.47 Å². The molecule has 35 heavy (non-hydrogen) atoms. The minimum Gasteiger partial charge on any atom is -0.348 e. The van der Waals surface area contributed by atoms with Gasteiger partial charge >= 0.3 is 0 Å². The van der Waals surface area contributed by atoms with E-state index in [1.807, 2.05) is 30.3 Å². The lowest BCUT2D eigenvalue weighted by molar-refractivity contribution is -0.206. The van der Waals surface area contributed by atoms with E-state index < -0.39 is 0 Å². The maximum Gasteiger partial charge on any atom is 0.183 e. The topological polar surface area (TPSA) is 18.5 Å². The average molecular weight is 481 g/mol. The Kier molecular flexibility index (Phi) is 10.2. The predicted octanol–water partition coefficient (Wildman–Crippen LogP) is 9.59. The molecule has 1 aliphatic heterocycles. The smallest absolute Gasteiger partial charge is 0.183 e. The van der Waals surface area contributed by atoms with E-state index in [1.165, 1.54) is 82.6 Å². The second-order valence-corrected chi connectivity index (χ2v) is 10.9. The van der Waals surface area contributed by atoms with Crippen LogP contribution in [0.2, 0.25) is 0 Å². The number of ether oxygens (including phenoxy) is 2. The Balaban J connectivity index is 1.28. The normalized spacial score (nSPS) is 25.0. The first-order valence-corrected chi connectivity index (χ1v) is 14.3. The van der Waals surface area contributed by atoms with Gasteiger partial charge in [-0.1, -0.05) is 95.2 Å². The maximum atomic E-state index is 15.1. The average Bonchev–Trinajstić information content (AvgIpc) is 2.90. The maximum absolute atomic E-state index is 15.1. The lowest BCUT2D eigenvalue weighted by Gasteiger charge is -2.30. The number of rotatable bonds is 11. The molecule has 0 spiro atoms. The largest absolute Gasteiger partial charge is 0.348 e. The molecule has 3 heteroatoms. The first-order chi connectivity index (χ1) is 17.2. The summed E-state index contributed by atoms with van der Waals surface area (Å²) in [6, 6.07) is 13.9. The highest BCUT2D eigenvalue weighted by atomic mass is 19.1. The molecule has 1 heterocycles. The van der Waals surface area contributed by atoms with Gasteiger partial charge in [0.25, 0.3) is 0 Å². The molecule has 192 valence electrons. The van der Waals surface area contributed by atoms with E-state index in [4.69, 9.17) is 9.47 Å². The molecule has 0 radical (unpaired) electrons. The zero-order valence-electron chi connectivity index (χ0n) is 21.9. The van der Waals surface area contributed by atoms with Gasteiger partial charge in [-0.05, 0) is 61.1 Å². The van der Waals surface area contributed by atoms with Crippen LogP contribution in [0.15, 0.2) is 42.5 Å². The van der Waals surface area contributed by atoms with Gasteiger partial charge in [-0.25, -0.2) is 4.39 Å². The number of unbranched alkanes of at least 4 members (excludes halogenated alkanes) is 4. The van der Waals surface area contributed by atoms with Crippen LogP contribution in [0.25, 0.3) is 11.1 Å². The van der Waals surface area contributed by atoms with Crippen LogP contribution < -0.4 is 0 Å². The molecule has 1 saturated carbocycles. The van der Waals surface area contributed by atoms with Crippen LogP contribution in [0.5, 0.6) is 0 Å². The van der Waals surface area contributed by atoms with Crippen molar-refractivity contribution < 1.29 is 13.9 Å². The third kappa shape index (κ3) is 7.40. The van der Waals surface area contributed by atoms with Gasteiger partial charge in [-0.3, -0.25) is 0 Å². The molecule has 1 saturated heterocycles. The van der Waals surface area contributed by atoms with Gasteiger partial charge in [0, 0.05) is 17.0 Å². The van der Waals surface area contributed by atoms with E-state index in [1.54, 1.807) is 6.07 Å². The Labute approximate surface area is 212 Å². The van der Waals surface area contributed by atoms with Gasteiger partial charge in [-0.15, -0.1) is 0 Å². The summed E-state index contributed by atoms with van der Waals surface area (Å²) in [5.74, 6) is 1.77. The molecule has 1 aliphatic carbocycles. The summed E-state index contributed by atoms with van der Waals surface area (Å²) in [4.78, 5) is 0. The molecule has 0 aromatic heterocycles. The zero-order valence-corrected chi connectivity index (χ0v) is 21.9. The van der Waals surface area contributed by atoms with E-state index >= 15 is 4.39 Å². The highest BCUT2D eigenvalue weighted by molar-refractivity contribution is 5.65. The minimum atomic E-state index is -0.310. The predicted molar refractivity (Wildman–Crippen MR) is 143 cm³/mol. The minimum absolute atomic E-state index is 0.113. The van der Waals surface area contributed by atoms with E-state index in [-0.39, 0.29) is 12.1 Å². The second kappa shape index (κ2) is 13.6. The van der Waals surface area contributed by atoms with Crippen molar-refractivity contribution in [2.24, 2.45) is 11.8 Å². The van der Waals surface area contributed by atoms with E-state index in [0.717, 1.165) is 30.3 Å². The van der Waals surface area contributed by atoms with Crippen molar-refractivity contribution in [1.29, 1.82) is 0 Å². The third-order valence-electron chi connectivity index (χ3n) is 8.18. The molecular formula is C32H45FO2. The third-order valence-corrected chi connectivity index (χ3v) is 8.18. The Bertz CT molecular complexity index is 877. The van der Waals surface area contributed by atoms with Crippen molar-refractivity contribution in [3.63, 3.8) is 0 Å². The van der Waals surface area contributed by atoms with Crippen LogP contribution in [-0.4, -0.2) is 13.2 Å². The standard InChI is InChI=1S/C32H45FO2/c1-3-5-6-7-8-10-25-22-34-32(35-23-25)28-17-15-27(16-18-28)30-20-19-29(21-31(30)33)26-13-11-24(9-4-2)12-14-26/h15-21,24-26,32H,3-14,22-23H2,1-2H3/t24?,25-,26?,32-. The molecule has 2 aliphatic rings. The fourth-order valence-electron chi connectivity index (χ4n) is 5.97. The first-order valence-electron chi connectivity index (χ1n) is 14.3. The molecule has 0 bridgehead atoms. The number of hydrogen-bond donors (Lipinski definition) is 0. The van der Waals surface area contributed by atoms with Crippen LogP contribution in [0, 0.1) is 17.7 Å². The number of hydrogen-bond acceptors (Lipinski definition) is 2. The van der Waals surface area contributed by atoms with Crippen molar-refractivity contribution in [3.05, 3.63) is 59.4 Å². The highest BCUT2D eigenvalue weighted by Crippen LogP contribution is 2.39. The molecule has 0 unspecified atom stereocenters. The van der Waals surface area contributed by atoms with Gasteiger partial charge in [0.2, 0.25) is 0 Å². The first kappa shape index (κ1) is 26.4. The van der Waals surface area contributed by atoms with Crippen LogP contribution >= 0.6 is 0 Å². The van der Waals surface area contributed by atoms with Crippen LogP contribution in [-0.2, 0) is 9.47 Å². The number of benzene rings is 2. The highest BCUT2D eigenvalue weighted by Gasteiger charge is 2.24. The Hall–Kier alpha value is -1.71. The summed E-state index contributed by atoms with van der Waals surface area (Å²) in [7, 11) is 0. The monoisotopic (exact) mass is 480 g/mol. The summed E-state index contributed by atoms with van der Waals surface area (Å²) in [6.45, 7) is 6.05. The van der Waals surface area contributed by atoms with Crippen molar-refractivity contribution in [2.75, 3.05) is 13.2 Å². The van der Waals surface area contributed by atoms with Crippen molar-refractivity contribution in [2.45, 2.75) is 103 Å². The van der Waals surface area contributed by atoms with Gasteiger partial charge in [0.1, 0.15) is 5.82 Å². The molecular weight excluding hydrogens is 435 g/mol. The Morgan fingerprint density at radius 3 is 2.06 bits per heavy atom. The number of halogens is 1. The van der Waals surface area contributed by atoms with E-state index in [9.17, 15) is 0 Å². The molecule has 2 nitrogen and oxygen atoms in total. The molecule has 0 amide bonds. The molecule has 4 rings (SSSR count). The van der Waals surface area contributed by atoms with Gasteiger partial charge in [-0.2, -0.15) is 0 Å². The summed E-state index contributed by atoms with van der Waals surface area (Å²) < 4.78 is 27.2. The van der Waals surface area contributed by atoms with Crippen LogP contribution in [0.4, 0.5) is 4.39 Å². The molecule has 0 atom stereocenters. The van der Waals surface area contributed by atoms with Crippen molar-refractivity contribution in [1.82, 2.24) is 0 Å². The lowest BCUT2D eigenvalue weighted by atomic mass is 9.77.